The van der Waals surface area contributed by atoms with Gasteiger partial charge < -0.3 is 10.4 Å². The van der Waals surface area contributed by atoms with E-state index in [1.807, 2.05) is 0 Å². The number of thioether (sulfide) groups is 1. The van der Waals surface area contributed by atoms with Crippen molar-refractivity contribution < 1.29 is 19.5 Å². The van der Waals surface area contributed by atoms with Crippen molar-refractivity contribution in [3.63, 3.8) is 0 Å². The highest BCUT2D eigenvalue weighted by atomic mass is 32.2. The Labute approximate surface area is 141 Å². The maximum Gasteiger partial charge on any atom is 0.253 e. The highest BCUT2D eigenvalue weighted by Gasteiger charge is 2.22. The zero-order chi connectivity index (χ0) is 17.2. The minimum atomic E-state index is -0.529. The predicted octanol–water partition coefficient (Wildman–Crippen LogP) is 1.30. The second-order valence-corrected chi connectivity index (χ2v) is 7.12. The third-order valence-electron chi connectivity index (χ3n) is 3.45. The van der Waals surface area contributed by atoms with Crippen molar-refractivity contribution in [3.05, 3.63) is 12.2 Å². The lowest BCUT2D eigenvalue weighted by Crippen LogP contribution is -2.38. The summed E-state index contributed by atoms with van der Waals surface area (Å²) >= 11 is 1.21. The zero-order valence-corrected chi connectivity index (χ0v) is 14.6. The quantitative estimate of drug-likeness (QED) is 0.336. The summed E-state index contributed by atoms with van der Waals surface area (Å²) in [5.41, 5.74) is -0.529. The van der Waals surface area contributed by atoms with Crippen LogP contribution >= 0.6 is 11.8 Å². The Bertz CT molecular complexity index is 433. The first-order chi connectivity index (χ1) is 10.9. The first-order valence-corrected chi connectivity index (χ1v) is 9.05. The van der Waals surface area contributed by atoms with E-state index >= 15 is 0 Å². The lowest BCUT2D eigenvalue weighted by atomic mass is 10.1. The average Bonchev–Trinajstić information content (AvgIpc) is 2.81. The summed E-state index contributed by atoms with van der Waals surface area (Å²) in [4.78, 5) is 35.4. The maximum absolute atomic E-state index is 11.7. The van der Waals surface area contributed by atoms with Crippen molar-refractivity contribution in [2.24, 2.45) is 5.92 Å². The summed E-state index contributed by atoms with van der Waals surface area (Å²) in [5.74, 6) is -0.0600. The van der Waals surface area contributed by atoms with E-state index in [4.69, 9.17) is 0 Å². The molecule has 0 aromatic carbocycles. The molecule has 1 heterocycles. The van der Waals surface area contributed by atoms with Crippen LogP contribution in [-0.2, 0) is 14.4 Å². The lowest BCUT2D eigenvalue weighted by molar-refractivity contribution is -0.137. The van der Waals surface area contributed by atoms with Crippen LogP contribution in [0.3, 0.4) is 0 Å². The molecule has 1 unspecified atom stereocenters. The largest absolute Gasteiger partial charge is 0.382 e. The van der Waals surface area contributed by atoms with Crippen LogP contribution in [0, 0.1) is 5.92 Å². The van der Waals surface area contributed by atoms with E-state index in [2.05, 4.69) is 19.2 Å². The van der Waals surface area contributed by atoms with E-state index in [0.29, 0.717) is 12.3 Å². The monoisotopic (exact) mass is 342 g/mol. The molecule has 2 N–H and O–H groups in total. The number of nitrogens with zero attached hydrogens (tertiary/aromatic N) is 1. The Morgan fingerprint density at radius 2 is 1.83 bits per heavy atom. The van der Waals surface area contributed by atoms with Crippen LogP contribution in [0.1, 0.15) is 39.5 Å². The number of unbranched alkanes of at least 4 members (excludes halogenated alkanes) is 1. The molecule has 7 heteroatoms. The molecule has 0 saturated carbocycles. The number of aliphatic hydroxyl groups is 1. The van der Waals surface area contributed by atoms with Crippen LogP contribution in [0.4, 0.5) is 0 Å². The number of carbonyl (C=O) groups is 3. The zero-order valence-electron chi connectivity index (χ0n) is 13.8. The van der Waals surface area contributed by atoms with Gasteiger partial charge >= 0.3 is 0 Å². The highest BCUT2D eigenvalue weighted by molar-refractivity contribution is 8.00. The number of rotatable bonds is 11. The van der Waals surface area contributed by atoms with Crippen molar-refractivity contribution in [2.75, 3.05) is 18.8 Å². The molecular formula is C16H26N2O4S. The first kappa shape index (κ1) is 19.7. The number of imide groups is 1. The number of amides is 3. The molecule has 0 spiro atoms. The second kappa shape index (κ2) is 10.4. The van der Waals surface area contributed by atoms with Crippen LogP contribution in [0.5, 0.6) is 0 Å². The molecule has 0 saturated heterocycles. The molecule has 6 nitrogen and oxygen atoms in total. The van der Waals surface area contributed by atoms with Crippen molar-refractivity contribution in [1.29, 1.82) is 0 Å². The fourth-order valence-corrected chi connectivity index (χ4v) is 2.92. The van der Waals surface area contributed by atoms with Crippen LogP contribution in [-0.4, -0.2) is 52.0 Å². The van der Waals surface area contributed by atoms with E-state index < -0.39 is 5.44 Å². The minimum absolute atomic E-state index is 0.166. The van der Waals surface area contributed by atoms with Gasteiger partial charge in [0.05, 0.1) is 11.2 Å². The van der Waals surface area contributed by atoms with Gasteiger partial charge in [-0.2, -0.15) is 0 Å². The van der Waals surface area contributed by atoms with Crippen molar-refractivity contribution in [2.45, 2.75) is 45.0 Å². The number of nitrogens with one attached hydrogen (secondary N) is 1. The molecule has 0 aromatic rings. The van der Waals surface area contributed by atoms with Gasteiger partial charge in [-0.3, -0.25) is 19.3 Å². The Balaban J connectivity index is 2.05. The van der Waals surface area contributed by atoms with Gasteiger partial charge in [0.15, 0.2) is 0 Å². The van der Waals surface area contributed by atoms with Crippen molar-refractivity contribution in [3.8, 4) is 0 Å². The van der Waals surface area contributed by atoms with E-state index in [-0.39, 0.29) is 36.6 Å². The Hall–Kier alpha value is -1.34. The van der Waals surface area contributed by atoms with Gasteiger partial charge in [0, 0.05) is 25.2 Å². The summed E-state index contributed by atoms with van der Waals surface area (Å²) in [7, 11) is 0. The molecule has 1 rings (SSSR count). The molecule has 130 valence electrons. The molecule has 3 amide bonds. The fraction of sp³-hybridized carbons (Fsp3) is 0.688. The number of carbonyl (C=O) groups excluding carboxylic acids is 3. The normalized spacial score (nSPS) is 15.6. The summed E-state index contributed by atoms with van der Waals surface area (Å²) in [6.07, 6.45) is 6.33. The molecule has 0 aromatic heterocycles. The molecule has 1 aliphatic rings. The van der Waals surface area contributed by atoms with Crippen LogP contribution < -0.4 is 5.32 Å². The topological polar surface area (TPSA) is 86.7 Å². The van der Waals surface area contributed by atoms with Crippen LogP contribution in [0.15, 0.2) is 12.2 Å². The van der Waals surface area contributed by atoms with E-state index in [1.54, 1.807) is 0 Å². The predicted molar refractivity (Wildman–Crippen MR) is 90.6 cm³/mol. The third-order valence-corrected chi connectivity index (χ3v) is 4.50. The number of hydrogen-bond acceptors (Lipinski definition) is 5. The molecule has 0 bridgehead atoms. The van der Waals surface area contributed by atoms with E-state index in [1.165, 1.54) is 23.9 Å². The average molecular weight is 342 g/mol. The first-order valence-electron chi connectivity index (χ1n) is 8.00. The Kier molecular flexibility index (Phi) is 8.94. The Morgan fingerprint density at radius 3 is 2.43 bits per heavy atom. The molecular weight excluding hydrogens is 316 g/mol. The fourth-order valence-electron chi connectivity index (χ4n) is 2.14. The molecule has 0 radical (unpaired) electrons. The second-order valence-electron chi connectivity index (χ2n) is 5.96. The Morgan fingerprint density at radius 1 is 1.22 bits per heavy atom. The van der Waals surface area contributed by atoms with Gasteiger partial charge in [-0.15, -0.1) is 11.8 Å². The van der Waals surface area contributed by atoms with Gasteiger partial charge in [-0.05, 0) is 18.8 Å². The van der Waals surface area contributed by atoms with Crippen LogP contribution in [0.25, 0.3) is 0 Å². The molecule has 23 heavy (non-hydrogen) atoms. The molecule has 0 fully saturated rings. The summed E-state index contributed by atoms with van der Waals surface area (Å²) in [6.45, 7) is 4.74. The minimum Gasteiger partial charge on any atom is -0.382 e. The van der Waals surface area contributed by atoms with Gasteiger partial charge in [0.25, 0.3) is 11.8 Å². The number of hydrogen-bond donors (Lipinski definition) is 2. The molecule has 1 aliphatic heterocycles. The smallest absolute Gasteiger partial charge is 0.253 e. The number of aliphatic hydroxyl groups excluding tert-OH is 1. The summed E-state index contributed by atoms with van der Waals surface area (Å²) in [6, 6.07) is 0. The van der Waals surface area contributed by atoms with Crippen molar-refractivity contribution >= 4 is 29.5 Å². The van der Waals surface area contributed by atoms with E-state index in [9.17, 15) is 19.5 Å². The van der Waals surface area contributed by atoms with Gasteiger partial charge in [-0.1, -0.05) is 26.7 Å². The van der Waals surface area contributed by atoms with E-state index in [0.717, 1.165) is 24.2 Å². The maximum atomic E-state index is 11.7. The molecule has 0 aliphatic carbocycles. The SMILES string of the molecule is CC(C)CCCCC(O)SCC(=O)NCCN1C(=O)C=CC1=O. The summed E-state index contributed by atoms with van der Waals surface area (Å²) < 4.78 is 0. The van der Waals surface area contributed by atoms with Crippen LogP contribution in [0.2, 0.25) is 0 Å². The van der Waals surface area contributed by atoms with Gasteiger partial charge in [0.2, 0.25) is 5.91 Å². The van der Waals surface area contributed by atoms with Gasteiger partial charge in [0.1, 0.15) is 0 Å². The highest BCUT2D eigenvalue weighted by Crippen LogP contribution is 2.16. The molecule has 1 atom stereocenters. The standard InChI is InChI=1S/C16H26N2O4S/c1-12(2)5-3-4-6-16(22)23-11-13(19)17-9-10-18-14(20)7-8-15(18)21/h7-8,12,16,22H,3-6,9-11H2,1-2H3,(H,17,19). The third kappa shape index (κ3) is 8.18. The summed E-state index contributed by atoms with van der Waals surface area (Å²) in [5, 5.41) is 12.5. The van der Waals surface area contributed by atoms with Gasteiger partial charge in [-0.25, -0.2) is 0 Å². The lowest BCUT2D eigenvalue weighted by Gasteiger charge is -2.14. The van der Waals surface area contributed by atoms with Crippen molar-refractivity contribution in [1.82, 2.24) is 10.2 Å².